The largest absolute Gasteiger partial charge is 0.325 e. The first-order chi connectivity index (χ1) is 3.27. The second-order valence-electron chi connectivity index (χ2n) is 2.36. The van der Waals surface area contributed by atoms with Crippen LogP contribution in [0.5, 0.6) is 0 Å². The Morgan fingerprint density at radius 1 is 1.71 bits per heavy atom. The summed E-state index contributed by atoms with van der Waals surface area (Å²) in [6.45, 7) is 3.61. The van der Waals surface area contributed by atoms with E-state index in [0.29, 0.717) is 0 Å². The van der Waals surface area contributed by atoms with Crippen molar-refractivity contribution < 1.29 is 0 Å². The van der Waals surface area contributed by atoms with E-state index in [1.54, 1.807) is 0 Å². The molecule has 7 heavy (non-hydrogen) atoms. The molecule has 1 rings (SSSR count). The molecule has 1 aliphatic rings. The van der Waals surface area contributed by atoms with Crippen molar-refractivity contribution in [1.82, 2.24) is 0 Å². The topological polar surface area (TPSA) is 26.0 Å². The Morgan fingerprint density at radius 3 is 2.43 bits per heavy atom. The van der Waals surface area contributed by atoms with Crippen molar-refractivity contribution in [3.63, 3.8) is 0 Å². The fourth-order valence-corrected chi connectivity index (χ4v) is 0.652. The predicted octanol–water partition coefficient (Wildman–Crippen LogP) is 1.05. The van der Waals surface area contributed by atoms with Crippen molar-refractivity contribution >= 4 is 0 Å². The van der Waals surface area contributed by atoms with Crippen LogP contribution >= 0.6 is 0 Å². The van der Waals surface area contributed by atoms with Crippen molar-refractivity contribution in [1.29, 1.82) is 0 Å². The maximum absolute atomic E-state index is 5.69. The summed E-state index contributed by atoms with van der Waals surface area (Å²) >= 11 is 0. The molecule has 0 aromatic carbocycles. The van der Waals surface area contributed by atoms with E-state index in [4.69, 9.17) is 5.73 Å². The van der Waals surface area contributed by atoms with Gasteiger partial charge in [-0.05, 0) is 19.3 Å². The minimum Gasteiger partial charge on any atom is -0.325 e. The third kappa shape index (κ3) is 1.03. The lowest BCUT2D eigenvalue weighted by atomic mass is 10.2. The van der Waals surface area contributed by atoms with Gasteiger partial charge < -0.3 is 5.73 Å². The first kappa shape index (κ1) is 4.85. The molecule has 0 bridgehead atoms. The summed E-state index contributed by atoms with van der Waals surface area (Å²) in [5.41, 5.74) is 5.87. The molecule has 1 nitrogen and oxygen atoms in total. The molecule has 0 unspecified atom stereocenters. The lowest BCUT2D eigenvalue weighted by Gasteiger charge is -1.99. The average Bonchev–Trinajstić information content (AvgIpc) is 2.22. The van der Waals surface area contributed by atoms with Gasteiger partial charge in [-0.15, -0.1) is 6.58 Å². The summed E-state index contributed by atoms with van der Waals surface area (Å²) in [6.07, 6.45) is 5.28. The average molecular weight is 97.2 g/mol. The summed E-state index contributed by atoms with van der Waals surface area (Å²) in [6, 6.07) is 0. The standard InChI is InChI=1S/C6H11N/c1-2-3-6(7)4-5-6/h2H,1,3-5,7H2. The van der Waals surface area contributed by atoms with Gasteiger partial charge in [0.2, 0.25) is 0 Å². The predicted molar refractivity (Wildman–Crippen MR) is 31.0 cm³/mol. The van der Waals surface area contributed by atoms with Crippen LogP contribution in [0.25, 0.3) is 0 Å². The second-order valence-corrected chi connectivity index (χ2v) is 2.36. The van der Waals surface area contributed by atoms with E-state index in [9.17, 15) is 0 Å². The van der Waals surface area contributed by atoms with E-state index >= 15 is 0 Å². The number of rotatable bonds is 2. The van der Waals surface area contributed by atoms with Crippen molar-refractivity contribution in [2.45, 2.75) is 24.8 Å². The van der Waals surface area contributed by atoms with Crippen LogP contribution in [0, 0.1) is 0 Å². The van der Waals surface area contributed by atoms with Gasteiger partial charge in [0.15, 0.2) is 0 Å². The van der Waals surface area contributed by atoms with Gasteiger partial charge in [-0.3, -0.25) is 0 Å². The van der Waals surface area contributed by atoms with Gasteiger partial charge in [-0.25, -0.2) is 0 Å². The second kappa shape index (κ2) is 1.34. The monoisotopic (exact) mass is 97.1 g/mol. The van der Waals surface area contributed by atoms with Gasteiger partial charge in [-0.1, -0.05) is 6.08 Å². The molecule has 0 radical (unpaired) electrons. The molecule has 1 heteroatoms. The first-order valence-electron chi connectivity index (χ1n) is 2.67. The van der Waals surface area contributed by atoms with Crippen LogP contribution < -0.4 is 5.73 Å². The summed E-state index contributed by atoms with van der Waals surface area (Å²) < 4.78 is 0. The Balaban J connectivity index is 2.25. The van der Waals surface area contributed by atoms with Crippen molar-refractivity contribution in [3.8, 4) is 0 Å². The molecule has 0 saturated heterocycles. The summed E-state index contributed by atoms with van der Waals surface area (Å²) in [5.74, 6) is 0. The van der Waals surface area contributed by atoms with E-state index in [0.717, 1.165) is 6.42 Å². The summed E-state index contributed by atoms with van der Waals surface area (Å²) in [4.78, 5) is 0. The summed E-state index contributed by atoms with van der Waals surface area (Å²) in [5, 5.41) is 0. The Kier molecular flexibility index (Phi) is 0.927. The van der Waals surface area contributed by atoms with E-state index < -0.39 is 0 Å². The Hall–Kier alpha value is -0.300. The molecule has 1 saturated carbocycles. The SMILES string of the molecule is C=CCC1(N)CC1. The van der Waals surface area contributed by atoms with Gasteiger partial charge in [0.25, 0.3) is 0 Å². The number of hydrogen-bond acceptors (Lipinski definition) is 1. The highest BCUT2D eigenvalue weighted by molar-refractivity contribution is 5.02. The number of nitrogens with two attached hydrogens (primary N) is 1. The zero-order chi connectivity index (χ0) is 5.33. The maximum atomic E-state index is 5.69. The van der Waals surface area contributed by atoms with Gasteiger partial charge in [0, 0.05) is 5.54 Å². The van der Waals surface area contributed by atoms with Crippen LogP contribution in [0.15, 0.2) is 12.7 Å². The molecule has 0 atom stereocenters. The van der Waals surface area contributed by atoms with Crippen molar-refractivity contribution in [2.24, 2.45) is 5.73 Å². The molecule has 0 aromatic rings. The highest BCUT2D eigenvalue weighted by Crippen LogP contribution is 2.35. The fraction of sp³-hybridized carbons (Fsp3) is 0.667. The maximum Gasteiger partial charge on any atom is 0.0190 e. The smallest absolute Gasteiger partial charge is 0.0190 e. The minimum absolute atomic E-state index is 0.182. The molecule has 1 aliphatic carbocycles. The molecule has 0 spiro atoms. The Labute approximate surface area is 44.2 Å². The van der Waals surface area contributed by atoms with E-state index in [-0.39, 0.29) is 5.54 Å². The normalized spacial score (nSPS) is 24.1. The highest BCUT2D eigenvalue weighted by atomic mass is 14.8. The van der Waals surface area contributed by atoms with Crippen LogP contribution in [-0.4, -0.2) is 5.54 Å². The van der Waals surface area contributed by atoms with Crippen LogP contribution in [0.4, 0.5) is 0 Å². The minimum atomic E-state index is 0.182. The highest BCUT2D eigenvalue weighted by Gasteiger charge is 2.36. The molecule has 1 fully saturated rings. The Bertz CT molecular complexity index is 82.2. The lowest BCUT2D eigenvalue weighted by Crippen LogP contribution is -2.19. The molecule has 0 aliphatic heterocycles. The van der Waals surface area contributed by atoms with Crippen LogP contribution in [-0.2, 0) is 0 Å². The van der Waals surface area contributed by atoms with Crippen LogP contribution in [0.2, 0.25) is 0 Å². The first-order valence-corrected chi connectivity index (χ1v) is 2.67. The van der Waals surface area contributed by atoms with Gasteiger partial charge in [-0.2, -0.15) is 0 Å². The van der Waals surface area contributed by atoms with Crippen molar-refractivity contribution in [2.75, 3.05) is 0 Å². The molecule has 40 valence electrons. The van der Waals surface area contributed by atoms with Crippen LogP contribution in [0.3, 0.4) is 0 Å². The molecular formula is C6H11N. The van der Waals surface area contributed by atoms with Gasteiger partial charge >= 0.3 is 0 Å². The van der Waals surface area contributed by atoms with Crippen LogP contribution in [0.1, 0.15) is 19.3 Å². The molecule has 0 amide bonds. The van der Waals surface area contributed by atoms with Crippen molar-refractivity contribution in [3.05, 3.63) is 12.7 Å². The van der Waals surface area contributed by atoms with E-state index in [1.165, 1.54) is 12.8 Å². The molecule has 2 N–H and O–H groups in total. The van der Waals surface area contributed by atoms with E-state index in [1.807, 2.05) is 6.08 Å². The van der Waals surface area contributed by atoms with Gasteiger partial charge in [0.05, 0.1) is 0 Å². The summed E-state index contributed by atoms with van der Waals surface area (Å²) in [7, 11) is 0. The third-order valence-corrected chi connectivity index (χ3v) is 1.44. The number of hydrogen-bond donors (Lipinski definition) is 1. The quantitative estimate of drug-likeness (QED) is 0.512. The zero-order valence-corrected chi connectivity index (χ0v) is 4.48. The van der Waals surface area contributed by atoms with E-state index in [2.05, 4.69) is 6.58 Å². The Morgan fingerprint density at radius 2 is 2.29 bits per heavy atom. The van der Waals surface area contributed by atoms with Gasteiger partial charge in [0.1, 0.15) is 0 Å². The lowest BCUT2D eigenvalue weighted by molar-refractivity contribution is 0.690. The zero-order valence-electron chi connectivity index (χ0n) is 4.48. The molecule has 0 aromatic heterocycles. The molecular weight excluding hydrogens is 86.1 g/mol. The fourth-order valence-electron chi connectivity index (χ4n) is 0.652. The molecule has 0 heterocycles. The third-order valence-electron chi connectivity index (χ3n) is 1.44.